The molecule has 9 rings (SSSR count). The number of methoxy groups -OCH3 is 1. The van der Waals surface area contributed by atoms with Gasteiger partial charge in [-0.3, -0.25) is 28.8 Å². The van der Waals surface area contributed by atoms with Crippen molar-refractivity contribution in [1.29, 1.82) is 0 Å². The number of amides is 4. The van der Waals surface area contributed by atoms with Crippen molar-refractivity contribution in [3.63, 3.8) is 0 Å². The van der Waals surface area contributed by atoms with Gasteiger partial charge in [-0.25, -0.2) is 18.4 Å². The van der Waals surface area contributed by atoms with Crippen molar-refractivity contribution in [2.24, 2.45) is 5.92 Å². The first-order chi connectivity index (χ1) is 34.0. The Kier molecular flexibility index (Phi) is 14.5. The molecule has 5 heterocycles. The highest BCUT2D eigenvalue weighted by Gasteiger charge is 2.63. The maximum absolute atomic E-state index is 15.3. The van der Waals surface area contributed by atoms with Crippen LogP contribution in [-0.4, -0.2) is 143 Å². The van der Waals surface area contributed by atoms with Crippen molar-refractivity contribution in [3.05, 3.63) is 76.8 Å². The van der Waals surface area contributed by atoms with E-state index in [1.165, 1.54) is 16.2 Å². The van der Waals surface area contributed by atoms with Gasteiger partial charge < -0.3 is 35.0 Å². The Morgan fingerprint density at radius 2 is 1.82 bits per heavy atom. The summed E-state index contributed by atoms with van der Waals surface area (Å²) in [6, 6.07) is 10.8. The van der Waals surface area contributed by atoms with E-state index >= 15 is 4.79 Å². The zero-order chi connectivity index (χ0) is 50.2. The Hall–Kier alpha value is -5.63. The molecular formula is C52H66N8O9S2. The number of nitrogens with zero attached hydrogens (tertiary/aromatic N) is 5. The van der Waals surface area contributed by atoms with Crippen LogP contribution < -0.4 is 24.8 Å². The largest absolute Gasteiger partial charge is 0.496 e. The van der Waals surface area contributed by atoms with E-state index in [-0.39, 0.29) is 43.7 Å². The standard InChI is InChI=1S/C52H66N8O9S2/c1-32(2)41-31-70-47(55-41)40-28-44(38-16-17-43(68-5)33(3)45(38)54-40)69-37-27-42-46(62)56-52(50(65)57-71(66,67)51(4)18-19-51)29-35(52)13-9-7-6-8-10-15-39(49(64)60(42)30-37)53-36-14-11-12-34(26-36)48(63)59-22-20-58(21-23-59)24-25-61/h9,11-14,16-17,26,28,31-32,35,37,39,42,53,61H,6-8,10,15,18-25,27,29-30H2,1-5H3,(H,56,62)(H,57,65)/b13-9-/t35-,37-,39+,42+,52-/m1/s1. The lowest BCUT2D eigenvalue weighted by atomic mass is 10.0. The first-order valence-electron chi connectivity index (χ1n) is 25.0. The minimum absolute atomic E-state index is 0.0220. The van der Waals surface area contributed by atoms with Crippen molar-refractivity contribution in [1.82, 2.24) is 34.7 Å². The molecule has 4 N–H and O–H groups in total. The molecule has 4 fully saturated rings. The monoisotopic (exact) mass is 1010 g/mol. The maximum Gasteiger partial charge on any atom is 0.259 e. The van der Waals surface area contributed by atoms with Crippen LogP contribution in [0.4, 0.5) is 5.69 Å². The molecule has 17 nitrogen and oxygen atoms in total. The molecular weight excluding hydrogens is 945 g/mol. The van der Waals surface area contributed by atoms with Gasteiger partial charge in [0.05, 0.1) is 36.2 Å². The van der Waals surface area contributed by atoms with E-state index in [2.05, 4.69) is 34.1 Å². The van der Waals surface area contributed by atoms with Gasteiger partial charge in [-0.2, -0.15) is 0 Å². The number of pyridine rings is 1. The van der Waals surface area contributed by atoms with E-state index < -0.39 is 56.2 Å². The number of allylic oxidation sites excluding steroid dienone is 1. The van der Waals surface area contributed by atoms with Gasteiger partial charge in [0.15, 0.2) is 0 Å². The van der Waals surface area contributed by atoms with Gasteiger partial charge in [0.25, 0.3) is 11.8 Å². The SMILES string of the molecule is COc1ccc2c(O[C@@H]3C[C@H]4C(=O)N[C@]5(C(=O)NS(=O)(=O)C6(C)CC6)C[C@H]5/C=C\CCCCC[C@H](Nc5cccc(C(=O)N6CCN(CCO)CC6)c5)C(=O)N4C3)cc(-c3nc(C(C)C)cs3)nc2c1C. The molecule has 71 heavy (non-hydrogen) atoms. The normalized spacial score (nSPS) is 25.3. The highest BCUT2D eigenvalue weighted by molar-refractivity contribution is 7.91. The molecule has 0 radical (unpaired) electrons. The maximum atomic E-state index is 15.3. The number of aliphatic hydroxyl groups is 1. The molecule has 2 aromatic carbocycles. The number of aromatic nitrogens is 2. The topological polar surface area (TPSA) is 213 Å². The summed E-state index contributed by atoms with van der Waals surface area (Å²) in [4.78, 5) is 73.7. The number of sulfonamides is 1. The number of benzene rings is 2. The number of aryl methyl sites for hydroxylation is 1. The van der Waals surface area contributed by atoms with Crippen molar-refractivity contribution in [3.8, 4) is 22.2 Å². The Balaban J connectivity index is 1.04. The molecule has 380 valence electrons. The van der Waals surface area contributed by atoms with Crippen LogP contribution in [0.1, 0.15) is 106 Å². The first-order valence-corrected chi connectivity index (χ1v) is 27.3. The Morgan fingerprint density at radius 1 is 1.03 bits per heavy atom. The van der Waals surface area contributed by atoms with Crippen LogP contribution in [0, 0.1) is 12.8 Å². The zero-order valence-electron chi connectivity index (χ0n) is 41.2. The van der Waals surface area contributed by atoms with Crippen LogP contribution in [0.25, 0.3) is 21.6 Å². The summed E-state index contributed by atoms with van der Waals surface area (Å²) in [7, 11) is -2.42. The highest BCUT2D eigenvalue weighted by Crippen LogP contribution is 2.48. The number of ether oxygens (including phenoxy) is 2. The van der Waals surface area contributed by atoms with Crippen molar-refractivity contribution in [2.45, 2.75) is 120 Å². The fraction of sp³-hybridized carbons (Fsp3) is 0.538. The molecule has 5 atom stereocenters. The number of piperazine rings is 1. The summed E-state index contributed by atoms with van der Waals surface area (Å²) in [5.74, 6) is -0.942. The van der Waals surface area contributed by atoms with E-state index in [1.54, 1.807) is 37.1 Å². The summed E-state index contributed by atoms with van der Waals surface area (Å²) in [5.41, 5.74) is 2.52. The van der Waals surface area contributed by atoms with Crippen LogP contribution in [0.15, 0.2) is 60.0 Å². The molecule has 5 aliphatic rings. The molecule has 3 aliphatic heterocycles. The number of β-amino-alcohol motifs (C(OH)–C–C–N with tert-alkyl or cyclic N) is 1. The van der Waals surface area contributed by atoms with E-state index in [9.17, 15) is 27.9 Å². The number of carbonyl (C=O) groups is 4. The van der Waals surface area contributed by atoms with Crippen LogP contribution in [0.3, 0.4) is 0 Å². The predicted molar refractivity (Wildman–Crippen MR) is 272 cm³/mol. The summed E-state index contributed by atoms with van der Waals surface area (Å²) in [6.07, 6.45) is 7.76. The third-order valence-corrected chi connectivity index (χ3v) is 18.0. The minimum atomic E-state index is -4.03. The summed E-state index contributed by atoms with van der Waals surface area (Å²) in [6.45, 7) is 10.7. The number of hydrogen-bond donors (Lipinski definition) is 4. The predicted octanol–water partition coefficient (Wildman–Crippen LogP) is 5.77. The zero-order valence-corrected chi connectivity index (χ0v) is 42.9. The fourth-order valence-corrected chi connectivity index (χ4v) is 12.3. The number of anilines is 1. The second kappa shape index (κ2) is 20.5. The molecule has 2 saturated heterocycles. The molecule has 0 spiro atoms. The fourth-order valence-electron chi connectivity index (χ4n) is 10.0. The molecule has 19 heteroatoms. The van der Waals surface area contributed by atoms with Crippen molar-refractivity contribution in [2.75, 3.05) is 58.3 Å². The smallest absolute Gasteiger partial charge is 0.259 e. The molecule has 4 aromatic rings. The molecule has 0 bridgehead atoms. The number of nitrogens with one attached hydrogen (secondary N) is 3. The Labute approximate surface area is 419 Å². The average molecular weight is 1010 g/mol. The summed E-state index contributed by atoms with van der Waals surface area (Å²) in [5, 5.41) is 19.3. The average Bonchev–Trinajstić information content (AvgIpc) is 4.13. The second-order valence-corrected chi connectivity index (χ2v) is 23.4. The van der Waals surface area contributed by atoms with Crippen molar-refractivity contribution >= 4 is 61.6 Å². The summed E-state index contributed by atoms with van der Waals surface area (Å²) < 4.78 is 40.8. The van der Waals surface area contributed by atoms with Crippen LogP contribution in [0.5, 0.6) is 11.5 Å². The van der Waals surface area contributed by atoms with E-state index in [4.69, 9.17) is 19.4 Å². The lowest BCUT2D eigenvalue weighted by Gasteiger charge is -2.34. The Bertz CT molecular complexity index is 2820. The third kappa shape index (κ3) is 10.5. The molecule has 4 amide bonds. The number of carbonyl (C=O) groups excluding carboxylic acids is 4. The number of fused-ring (bicyclic) bond motifs is 3. The van der Waals surface area contributed by atoms with Gasteiger partial charge in [0.1, 0.15) is 45.9 Å². The second-order valence-electron chi connectivity index (χ2n) is 20.4. The number of rotatable bonds is 13. The van der Waals surface area contributed by atoms with Crippen LogP contribution >= 0.6 is 11.3 Å². The van der Waals surface area contributed by atoms with Crippen LogP contribution in [0.2, 0.25) is 0 Å². The number of thiazole rings is 1. The van der Waals surface area contributed by atoms with E-state index in [1.807, 2.05) is 48.7 Å². The minimum Gasteiger partial charge on any atom is -0.496 e. The number of aliphatic hydroxyl groups excluding tert-OH is 1. The molecule has 0 unspecified atom stereocenters. The van der Waals surface area contributed by atoms with Gasteiger partial charge in [-0.1, -0.05) is 44.9 Å². The van der Waals surface area contributed by atoms with Gasteiger partial charge in [-0.05, 0) is 88.6 Å². The third-order valence-electron chi connectivity index (χ3n) is 15.0. The van der Waals surface area contributed by atoms with E-state index in [0.717, 1.165) is 24.1 Å². The van der Waals surface area contributed by atoms with Crippen LogP contribution in [-0.2, 0) is 24.4 Å². The van der Waals surface area contributed by atoms with Crippen molar-refractivity contribution < 1.29 is 42.2 Å². The molecule has 2 aromatic heterocycles. The van der Waals surface area contributed by atoms with E-state index in [0.29, 0.717) is 109 Å². The quantitative estimate of drug-likeness (QED) is 0.117. The lowest BCUT2D eigenvalue weighted by molar-refractivity contribution is -0.140. The van der Waals surface area contributed by atoms with Gasteiger partial charge >= 0.3 is 0 Å². The number of hydrogen-bond acceptors (Lipinski definition) is 14. The first kappa shape index (κ1) is 50.3. The highest BCUT2D eigenvalue weighted by atomic mass is 32.2. The van der Waals surface area contributed by atoms with Gasteiger partial charge in [0.2, 0.25) is 21.8 Å². The lowest BCUT2D eigenvalue weighted by Crippen LogP contribution is -2.58. The molecule has 2 aliphatic carbocycles. The molecule has 2 saturated carbocycles. The summed E-state index contributed by atoms with van der Waals surface area (Å²) >= 11 is 1.49. The Morgan fingerprint density at radius 3 is 2.54 bits per heavy atom. The van der Waals surface area contributed by atoms with Gasteiger partial charge in [0, 0.05) is 78.7 Å². The van der Waals surface area contributed by atoms with Gasteiger partial charge in [-0.15, -0.1) is 11.3 Å².